The van der Waals surface area contributed by atoms with Gasteiger partial charge < -0.3 is 23.7 Å². The second-order valence-electron chi connectivity index (χ2n) is 0. The molecular weight excluding hydrogens is 75.0 g/mol. The smallest absolute Gasteiger partial charge is 0.512 e. The Balaban J connectivity index is -0.0000000133. The molecule has 9 radical (unpaired) electrons. The van der Waals surface area contributed by atoms with Crippen LogP contribution in [0.15, 0.2) is 0 Å². The molecule has 0 unspecified atom stereocenters. The molecule has 0 aromatic heterocycles. The van der Waals surface area contributed by atoms with Crippen molar-refractivity contribution in [2.45, 2.75) is 0 Å². The van der Waals surface area contributed by atoms with Crippen molar-refractivity contribution in [2.24, 2.45) is 0 Å². The molecule has 0 N–H and O–H groups in total. The van der Waals surface area contributed by atoms with Crippen LogP contribution < -0.4 is 0 Å². The standard InChI is InChI=1S/2CN.Na/c2*1-2;/q2*-1;+2. The third-order valence-corrected chi connectivity index (χ3v) is 0. The maximum Gasteiger partial charge on any atom is 2.00 e. The van der Waals surface area contributed by atoms with Crippen LogP contribution in [0.5, 0.6) is 0 Å². The summed E-state index contributed by atoms with van der Waals surface area (Å²) < 4.78 is 0. The molecule has 0 bridgehead atoms. The fraction of sp³-hybridized carbons (Fsp3) is 0. The number of hydrogen-bond donors (Lipinski definition) is 0. The molecule has 0 aliphatic carbocycles. The first-order valence-corrected chi connectivity index (χ1v) is 0.447. The fourth-order valence-electron chi connectivity index (χ4n) is 0. The summed E-state index contributed by atoms with van der Waals surface area (Å²) in [7, 11) is 0. The minimum absolute atomic E-state index is 0. The average Bonchev–Trinajstić information content (AvgIpc) is 1.50. The predicted molar refractivity (Wildman–Crippen MR) is 15.7 cm³/mol. The molecule has 0 aromatic rings. The summed E-state index contributed by atoms with van der Waals surface area (Å²) in [6, 6.07) is 0. The molecule has 0 aliphatic rings. The Kier molecular flexibility index (Phi) is 356000. The second kappa shape index (κ2) is 88400. The first-order chi connectivity index (χ1) is 2.00. The Labute approximate surface area is 53.3 Å². The maximum atomic E-state index is 6.25. The van der Waals surface area contributed by atoms with Crippen molar-refractivity contribution in [1.29, 1.82) is 10.5 Å². The van der Waals surface area contributed by atoms with Gasteiger partial charge in [0.25, 0.3) is 0 Å². The van der Waals surface area contributed by atoms with E-state index in [4.69, 9.17) is 23.7 Å². The predicted octanol–water partition coefficient (Wildman–Crippen LogP) is -0.188. The molecule has 0 atom stereocenters. The summed E-state index contributed by atoms with van der Waals surface area (Å²) in [5.74, 6) is 0. The van der Waals surface area contributed by atoms with Crippen LogP contribution in [0.2, 0.25) is 0 Å². The van der Waals surface area contributed by atoms with Crippen molar-refractivity contribution < 1.29 is 0 Å². The molecule has 0 aromatic carbocycles. The second-order valence-corrected chi connectivity index (χ2v) is 0. The normalized spacial score (nSPS) is 0.800. The van der Waals surface area contributed by atoms with Crippen molar-refractivity contribution in [1.82, 2.24) is 0 Å². The molecule has 5 heavy (non-hydrogen) atoms. The zero-order valence-corrected chi connectivity index (χ0v) is 4.89. The van der Waals surface area contributed by atoms with Crippen LogP contribution in [0.3, 0.4) is 0 Å². The van der Waals surface area contributed by atoms with Crippen LogP contribution in [0.1, 0.15) is 0 Å². The zero-order valence-electron chi connectivity index (χ0n) is 2.89. The number of nitrogens with zero attached hydrogens (tertiary/aromatic N) is 2. The largest absolute Gasteiger partial charge is 2.00 e. The number of rotatable bonds is 0. The van der Waals surface area contributed by atoms with E-state index in [0.717, 1.165) is 0 Å². The quantitative estimate of drug-likeness (QED) is 0.296. The Morgan fingerprint density at radius 3 is 0.800 bits per heavy atom. The summed E-state index contributed by atoms with van der Waals surface area (Å²) in [5.41, 5.74) is 0. The molecule has 0 heterocycles. The Morgan fingerprint density at radius 1 is 0.800 bits per heavy atom. The maximum absolute atomic E-state index is 6.25. The first-order valence-electron chi connectivity index (χ1n) is 0.447. The summed E-state index contributed by atoms with van der Waals surface area (Å²) in [5, 5.41) is 12.5. The average molecular weight is 75.0 g/mol. The van der Waals surface area contributed by atoms with Crippen molar-refractivity contribution in [3.63, 3.8) is 0 Å². The van der Waals surface area contributed by atoms with Gasteiger partial charge >= 0.3 is 29.6 Å². The molecule has 2 nitrogen and oxygen atoms in total. The van der Waals surface area contributed by atoms with Gasteiger partial charge in [0.05, 0.1) is 0 Å². The molecule has 3 heteroatoms. The van der Waals surface area contributed by atoms with Crippen LogP contribution in [0.4, 0.5) is 0 Å². The van der Waals surface area contributed by atoms with E-state index in [1.54, 1.807) is 0 Å². The molecule has 0 saturated carbocycles. The van der Waals surface area contributed by atoms with E-state index in [1.807, 2.05) is 0 Å². The van der Waals surface area contributed by atoms with Crippen LogP contribution in [0.25, 0.3) is 0 Å². The summed E-state index contributed by atoms with van der Waals surface area (Å²) in [4.78, 5) is 0. The van der Waals surface area contributed by atoms with Gasteiger partial charge in [-0.2, -0.15) is 0 Å². The Bertz CT molecular complexity index is 23.1. The molecule has 19 valence electrons. The van der Waals surface area contributed by atoms with Gasteiger partial charge in [0.2, 0.25) is 0 Å². The van der Waals surface area contributed by atoms with Crippen LogP contribution >= 0.6 is 0 Å². The molecule has 0 aliphatic heterocycles. The van der Waals surface area contributed by atoms with Crippen LogP contribution in [-0.4, -0.2) is 29.6 Å². The van der Waals surface area contributed by atoms with E-state index in [9.17, 15) is 0 Å². The van der Waals surface area contributed by atoms with Crippen LogP contribution in [-0.2, 0) is 0 Å². The van der Waals surface area contributed by atoms with Gasteiger partial charge in [-0.3, -0.25) is 0 Å². The zero-order chi connectivity index (χ0) is 4.00. The molecule has 0 saturated heterocycles. The van der Waals surface area contributed by atoms with Gasteiger partial charge in [0, 0.05) is 0 Å². The van der Waals surface area contributed by atoms with Crippen molar-refractivity contribution in [3.05, 3.63) is 13.1 Å². The van der Waals surface area contributed by atoms with Gasteiger partial charge in [-0.05, 0) is 0 Å². The van der Waals surface area contributed by atoms with E-state index in [-0.39, 0.29) is 29.6 Å². The van der Waals surface area contributed by atoms with Gasteiger partial charge in [0.15, 0.2) is 0 Å². The topological polar surface area (TPSA) is 47.6 Å². The molecule has 0 rings (SSSR count). The summed E-state index contributed by atoms with van der Waals surface area (Å²) in [6.45, 7) is 9.50. The molecule has 0 fully saturated rings. The monoisotopic (exact) mass is 75.0 g/mol. The Morgan fingerprint density at radius 2 is 0.800 bits per heavy atom. The van der Waals surface area contributed by atoms with Crippen molar-refractivity contribution in [3.8, 4) is 0 Å². The third kappa shape index (κ3) is 39000. The third-order valence-electron chi connectivity index (χ3n) is 0. The van der Waals surface area contributed by atoms with Crippen molar-refractivity contribution >= 4 is 29.6 Å². The van der Waals surface area contributed by atoms with Gasteiger partial charge in [-0.1, -0.05) is 0 Å². The SMILES string of the molecule is [C-]#N.[C-]#N.[Na+2]. The van der Waals surface area contributed by atoms with E-state index >= 15 is 0 Å². The van der Waals surface area contributed by atoms with E-state index in [1.165, 1.54) is 0 Å². The Hall–Kier alpha value is -0.0200. The molecule has 0 amide bonds. The minimum atomic E-state index is 0. The van der Waals surface area contributed by atoms with Crippen LogP contribution in [0, 0.1) is 23.7 Å². The summed E-state index contributed by atoms with van der Waals surface area (Å²) >= 11 is 0. The fourth-order valence-corrected chi connectivity index (χ4v) is 0. The van der Waals surface area contributed by atoms with Gasteiger partial charge in [-0.25, -0.2) is 0 Å². The summed E-state index contributed by atoms with van der Waals surface area (Å²) in [6.07, 6.45) is 0. The van der Waals surface area contributed by atoms with E-state index in [2.05, 4.69) is 0 Å². The molecule has 0 spiro atoms. The molecular formula is C2N2Na. The minimum Gasteiger partial charge on any atom is -0.512 e. The van der Waals surface area contributed by atoms with E-state index in [0.29, 0.717) is 0 Å². The van der Waals surface area contributed by atoms with Gasteiger partial charge in [-0.15, -0.1) is 0 Å². The first kappa shape index (κ1) is 20.1. The van der Waals surface area contributed by atoms with Gasteiger partial charge in [0.1, 0.15) is 0 Å². The van der Waals surface area contributed by atoms with Crippen molar-refractivity contribution in [2.75, 3.05) is 0 Å². The number of hydrogen-bond acceptors (Lipinski definition) is 2. The van der Waals surface area contributed by atoms with E-state index < -0.39 is 0 Å².